The summed E-state index contributed by atoms with van der Waals surface area (Å²) >= 11 is 0. The Balaban J connectivity index is 1.48. The molecule has 0 bridgehead atoms. The van der Waals surface area contributed by atoms with Crippen LogP contribution in [0, 0.1) is 35.0 Å². The molecule has 4 aromatic rings. The number of hydrogen-bond donors (Lipinski definition) is 4. The summed E-state index contributed by atoms with van der Waals surface area (Å²) in [7, 11) is 0. The van der Waals surface area contributed by atoms with Gasteiger partial charge in [-0.2, -0.15) is 23.7 Å². The van der Waals surface area contributed by atoms with E-state index in [4.69, 9.17) is 0 Å². The highest BCUT2D eigenvalue weighted by Gasteiger charge is 2.67. The number of halogens is 3. The van der Waals surface area contributed by atoms with E-state index in [2.05, 4.69) is 69.8 Å². The second kappa shape index (κ2) is 11.2. The average Bonchev–Trinajstić information content (AvgIpc) is 3.41. The number of anilines is 2. The molecule has 0 unspecified atom stereocenters. The van der Waals surface area contributed by atoms with E-state index in [0.717, 1.165) is 21.8 Å². The number of alkyl halides is 3. The summed E-state index contributed by atoms with van der Waals surface area (Å²) in [5.74, 6) is 0. The Bertz CT molecular complexity index is 1910. The van der Waals surface area contributed by atoms with Crippen molar-refractivity contribution in [2.45, 2.75) is 58.3 Å². The fraction of sp³-hybridized carbons (Fsp3) is 0.344. The lowest BCUT2D eigenvalue weighted by atomic mass is 9.95. The van der Waals surface area contributed by atoms with Crippen LogP contribution in [-0.4, -0.2) is 43.2 Å². The summed E-state index contributed by atoms with van der Waals surface area (Å²) in [6, 6.07) is 12.8. The maximum Gasteiger partial charge on any atom is 0.413 e. The van der Waals surface area contributed by atoms with Gasteiger partial charge < -0.3 is 16.1 Å². The molecule has 236 valence electrons. The third-order valence-electron chi connectivity index (χ3n) is 8.26. The SMILES string of the molecule is Cc1c([C@H](Nc2cc(C#N)c3ncc(C#N)c(NCC(C)(C)C)c3c2)C2=CN(C3(C(F)(F)F)CC3)NN2)cccc1-n1ccnn1. The first-order valence-corrected chi connectivity index (χ1v) is 14.7. The Labute approximate surface area is 263 Å². The predicted octanol–water partition coefficient (Wildman–Crippen LogP) is 5.74. The number of nitrogens with zero attached hydrogens (tertiary/aromatic N) is 7. The average molecular weight is 628 g/mol. The number of nitrogens with one attached hydrogen (secondary N) is 4. The molecule has 0 amide bonds. The monoisotopic (exact) mass is 627 g/mol. The fourth-order valence-electron chi connectivity index (χ4n) is 5.61. The molecule has 4 N–H and O–H groups in total. The van der Waals surface area contributed by atoms with E-state index >= 15 is 0 Å². The second-order valence-electron chi connectivity index (χ2n) is 12.7. The molecule has 0 saturated heterocycles. The lowest BCUT2D eigenvalue weighted by Crippen LogP contribution is -2.52. The first-order chi connectivity index (χ1) is 21.8. The van der Waals surface area contributed by atoms with Gasteiger partial charge in [0.05, 0.1) is 52.2 Å². The fourth-order valence-corrected chi connectivity index (χ4v) is 5.61. The summed E-state index contributed by atoms with van der Waals surface area (Å²) in [4.78, 5) is 4.43. The number of fused-ring (bicyclic) bond motifs is 1. The normalized spacial score (nSPS) is 16.3. The number of pyridine rings is 1. The van der Waals surface area contributed by atoms with Crippen molar-refractivity contribution in [2.24, 2.45) is 5.41 Å². The Morgan fingerprint density at radius 1 is 1.11 bits per heavy atom. The van der Waals surface area contributed by atoms with Crippen LogP contribution in [0.3, 0.4) is 0 Å². The van der Waals surface area contributed by atoms with Crippen LogP contribution < -0.4 is 21.6 Å². The van der Waals surface area contributed by atoms with Crippen LogP contribution >= 0.6 is 0 Å². The summed E-state index contributed by atoms with van der Waals surface area (Å²) < 4.78 is 43.8. The largest absolute Gasteiger partial charge is 0.413 e. The van der Waals surface area contributed by atoms with Gasteiger partial charge in [-0.25, -0.2) is 4.68 Å². The van der Waals surface area contributed by atoms with Crippen molar-refractivity contribution >= 4 is 22.3 Å². The van der Waals surface area contributed by atoms with Crippen LogP contribution in [0.25, 0.3) is 16.6 Å². The molecule has 1 aliphatic heterocycles. The second-order valence-corrected chi connectivity index (χ2v) is 12.7. The Kier molecular flexibility index (Phi) is 7.49. The lowest BCUT2D eigenvalue weighted by Gasteiger charge is -2.28. The molecule has 1 atom stereocenters. The summed E-state index contributed by atoms with van der Waals surface area (Å²) in [5.41, 5.74) is 8.41. The van der Waals surface area contributed by atoms with Crippen molar-refractivity contribution in [3.8, 4) is 17.8 Å². The molecule has 1 fully saturated rings. The van der Waals surface area contributed by atoms with Gasteiger partial charge in [0.25, 0.3) is 0 Å². The number of hydrazine groups is 2. The van der Waals surface area contributed by atoms with E-state index in [1.54, 1.807) is 29.2 Å². The zero-order valence-corrected chi connectivity index (χ0v) is 25.7. The van der Waals surface area contributed by atoms with Gasteiger partial charge in [-0.05, 0) is 54.5 Å². The number of hydrogen-bond acceptors (Lipinski definition) is 10. The van der Waals surface area contributed by atoms with Crippen molar-refractivity contribution in [2.75, 3.05) is 17.2 Å². The molecule has 2 aromatic heterocycles. The molecule has 1 aliphatic carbocycles. The van der Waals surface area contributed by atoms with Crippen LogP contribution in [0.15, 0.2) is 60.8 Å². The van der Waals surface area contributed by atoms with Crippen LogP contribution in [0.4, 0.5) is 24.5 Å². The highest BCUT2D eigenvalue weighted by molar-refractivity contribution is 5.99. The molecule has 0 spiro atoms. The minimum absolute atomic E-state index is 0.0252. The van der Waals surface area contributed by atoms with E-state index in [-0.39, 0.29) is 23.8 Å². The quantitative estimate of drug-likeness (QED) is 0.191. The minimum atomic E-state index is -4.43. The van der Waals surface area contributed by atoms with Gasteiger partial charge in [0.2, 0.25) is 0 Å². The molecule has 3 heterocycles. The van der Waals surface area contributed by atoms with Gasteiger partial charge >= 0.3 is 6.18 Å². The van der Waals surface area contributed by atoms with Gasteiger partial charge in [0.1, 0.15) is 12.1 Å². The molecular weight excluding hydrogens is 595 g/mol. The maximum absolute atomic E-state index is 14.1. The highest BCUT2D eigenvalue weighted by Crippen LogP contribution is 2.54. The molecule has 0 radical (unpaired) electrons. The van der Waals surface area contributed by atoms with Gasteiger partial charge in [-0.1, -0.05) is 38.1 Å². The Morgan fingerprint density at radius 2 is 1.87 bits per heavy atom. The minimum Gasteiger partial charge on any atom is -0.383 e. The van der Waals surface area contributed by atoms with Crippen molar-refractivity contribution in [1.82, 2.24) is 35.9 Å². The third kappa shape index (κ3) is 5.52. The van der Waals surface area contributed by atoms with E-state index < -0.39 is 17.8 Å². The molecular formula is C32H32F3N11. The molecule has 46 heavy (non-hydrogen) atoms. The van der Waals surface area contributed by atoms with Gasteiger partial charge in [0, 0.05) is 30.0 Å². The molecule has 14 heteroatoms. The lowest BCUT2D eigenvalue weighted by molar-refractivity contribution is -0.195. The first kappa shape index (κ1) is 30.7. The van der Waals surface area contributed by atoms with Gasteiger partial charge in [-0.15, -0.1) is 10.6 Å². The number of aromatic nitrogens is 4. The van der Waals surface area contributed by atoms with Crippen LogP contribution in [0.5, 0.6) is 0 Å². The molecule has 11 nitrogen and oxygen atoms in total. The zero-order chi connectivity index (χ0) is 32.9. The molecule has 1 saturated carbocycles. The zero-order valence-electron chi connectivity index (χ0n) is 25.7. The smallest absolute Gasteiger partial charge is 0.383 e. The van der Waals surface area contributed by atoms with E-state index in [1.807, 2.05) is 25.1 Å². The van der Waals surface area contributed by atoms with Gasteiger partial charge in [-0.3, -0.25) is 9.99 Å². The van der Waals surface area contributed by atoms with Crippen molar-refractivity contribution in [3.63, 3.8) is 0 Å². The third-order valence-corrected chi connectivity index (χ3v) is 8.26. The molecule has 6 rings (SSSR count). The van der Waals surface area contributed by atoms with Crippen molar-refractivity contribution in [3.05, 3.63) is 83.1 Å². The Hall–Kier alpha value is -5.34. The Morgan fingerprint density at radius 3 is 2.50 bits per heavy atom. The summed E-state index contributed by atoms with van der Waals surface area (Å²) in [5, 5.41) is 36.6. The van der Waals surface area contributed by atoms with E-state index in [0.29, 0.717) is 40.1 Å². The summed E-state index contributed by atoms with van der Waals surface area (Å²) in [6.45, 7) is 8.64. The number of nitriles is 2. The van der Waals surface area contributed by atoms with Crippen molar-refractivity contribution < 1.29 is 13.2 Å². The van der Waals surface area contributed by atoms with Crippen LogP contribution in [0.2, 0.25) is 0 Å². The summed E-state index contributed by atoms with van der Waals surface area (Å²) in [6.07, 6.45) is 1.68. The van der Waals surface area contributed by atoms with Crippen LogP contribution in [0.1, 0.15) is 61.9 Å². The maximum atomic E-state index is 14.1. The number of benzene rings is 2. The molecule has 2 aliphatic rings. The highest BCUT2D eigenvalue weighted by atomic mass is 19.4. The van der Waals surface area contributed by atoms with E-state index in [1.165, 1.54) is 12.4 Å². The number of rotatable bonds is 8. The predicted molar refractivity (Wildman–Crippen MR) is 166 cm³/mol. The standard InChI is InChI=1S/C32H32F3N11/c1-19-23(6-5-7-26(19)45-11-10-40-43-45)29(25-17-46(44-42-25)31(8-9-31)32(33,34)35)41-22-12-20(14-36)27-24(13-22)28(21(15-37)16-38-27)39-18-30(2,3)4/h5-7,10-13,16-17,29,41-42,44H,8-9,18H2,1-4H3,(H,38,39)/t29-/m0/s1. The first-order valence-electron chi connectivity index (χ1n) is 14.7. The van der Waals surface area contributed by atoms with Gasteiger partial charge in [0.15, 0.2) is 5.54 Å². The van der Waals surface area contributed by atoms with E-state index in [9.17, 15) is 23.7 Å². The topological polar surface area (TPSA) is 143 Å². The van der Waals surface area contributed by atoms with Crippen LogP contribution in [-0.2, 0) is 0 Å². The molecule has 2 aromatic carbocycles. The van der Waals surface area contributed by atoms with Crippen molar-refractivity contribution in [1.29, 1.82) is 10.5 Å².